The van der Waals surface area contributed by atoms with Crippen molar-refractivity contribution >= 4 is 5.97 Å². The van der Waals surface area contributed by atoms with E-state index in [9.17, 15) is 9.90 Å². The number of carboxylic acid groups (broad SMARTS) is 1. The van der Waals surface area contributed by atoms with E-state index in [1.165, 1.54) is 11.6 Å². The molecule has 2 fully saturated rings. The molecule has 4 atom stereocenters. The molecule has 6 rings (SSSR count). The van der Waals surface area contributed by atoms with Gasteiger partial charge in [-0.3, -0.25) is 4.79 Å². The highest BCUT2D eigenvalue weighted by molar-refractivity contribution is 5.79. The maximum absolute atomic E-state index is 15.1. The van der Waals surface area contributed by atoms with Gasteiger partial charge in [0.05, 0.1) is 13.0 Å². The summed E-state index contributed by atoms with van der Waals surface area (Å²) in [5.74, 6) is 0.616. The zero-order valence-electron chi connectivity index (χ0n) is 23.2. The molecule has 0 unspecified atom stereocenters. The number of aliphatic carboxylic acids is 1. The molecule has 2 saturated carbocycles. The van der Waals surface area contributed by atoms with Gasteiger partial charge in [-0.1, -0.05) is 51.5 Å². The van der Waals surface area contributed by atoms with E-state index in [1.807, 2.05) is 18.2 Å². The quantitative estimate of drug-likeness (QED) is 0.339. The molecule has 0 amide bonds. The first-order chi connectivity index (χ1) is 18.7. The number of aryl methyl sites for hydroxylation is 1. The van der Waals surface area contributed by atoms with Gasteiger partial charge in [0.2, 0.25) is 0 Å². The minimum absolute atomic E-state index is 0.125. The highest BCUT2D eigenvalue weighted by atomic mass is 19.1. The molecule has 3 aromatic carbocycles. The molecule has 1 spiro atoms. The summed E-state index contributed by atoms with van der Waals surface area (Å²) >= 11 is 0. The van der Waals surface area contributed by atoms with Crippen LogP contribution in [0.25, 0.3) is 11.1 Å². The zero-order chi connectivity index (χ0) is 27.5. The predicted molar refractivity (Wildman–Crippen MR) is 150 cm³/mol. The van der Waals surface area contributed by atoms with Crippen LogP contribution in [0.3, 0.4) is 0 Å². The molecule has 0 radical (unpaired) electrons. The Labute approximate surface area is 230 Å². The molecule has 39 heavy (non-hydrogen) atoms. The summed E-state index contributed by atoms with van der Waals surface area (Å²) in [7, 11) is 1.60. The monoisotopic (exact) mass is 528 g/mol. The summed E-state index contributed by atoms with van der Waals surface area (Å²) < 4.78 is 26.8. The van der Waals surface area contributed by atoms with E-state index in [4.69, 9.17) is 9.47 Å². The fraction of sp³-hybridized carbons (Fsp3) is 0.441. The van der Waals surface area contributed by atoms with E-state index in [0.717, 1.165) is 60.1 Å². The molecule has 4 nitrogen and oxygen atoms in total. The van der Waals surface area contributed by atoms with Gasteiger partial charge < -0.3 is 14.6 Å². The van der Waals surface area contributed by atoms with Gasteiger partial charge in [0, 0.05) is 11.0 Å². The summed E-state index contributed by atoms with van der Waals surface area (Å²) in [5.41, 5.74) is 5.95. The number of halogens is 1. The van der Waals surface area contributed by atoms with Gasteiger partial charge in [-0.2, -0.15) is 0 Å². The second-order valence-corrected chi connectivity index (χ2v) is 12.5. The van der Waals surface area contributed by atoms with Gasteiger partial charge in [-0.25, -0.2) is 4.39 Å². The number of carbonyl (C=O) groups is 1. The van der Waals surface area contributed by atoms with Crippen LogP contribution in [0, 0.1) is 23.1 Å². The lowest BCUT2D eigenvalue weighted by molar-refractivity contribution is -0.139. The SMILES string of the molecule is COc1ccc(F)c(-c2ccc(COc3ccc4c(c3)[C@@]3(CC4)[C@H](C(=O)O)[C@@H]3C)cc2[C@H]2CCCC2(C)C)c1. The first-order valence-electron chi connectivity index (χ1n) is 14.1. The average molecular weight is 529 g/mol. The number of rotatable bonds is 7. The molecular weight excluding hydrogens is 491 g/mol. The second kappa shape index (κ2) is 9.39. The fourth-order valence-electron chi connectivity index (χ4n) is 7.78. The van der Waals surface area contributed by atoms with Crippen LogP contribution >= 0.6 is 0 Å². The summed E-state index contributed by atoms with van der Waals surface area (Å²) in [6, 6.07) is 17.3. The Hall–Kier alpha value is -3.34. The fourth-order valence-corrected chi connectivity index (χ4v) is 7.78. The van der Waals surface area contributed by atoms with Crippen LogP contribution < -0.4 is 9.47 Å². The Kier molecular flexibility index (Phi) is 6.24. The number of hydrogen-bond donors (Lipinski definition) is 1. The molecule has 3 aromatic rings. The lowest BCUT2D eigenvalue weighted by Crippen LogP contribution is -2.17. The van der Waals surface area contributed by atoms with Crippen molar-refractivity contribution in [1.29, 1.82) is 0 Å². The molecule has 3 aliphatic rings. The van der Waals surface area contributed by atoms with Crippen LogP contribution in [0.2, 0.25) is 0 Å². The Balaban J connectivity index is 1.31. The largest absolute Gasteiger partial charge is 0.497 e. The normalized spacial score (nSPS) is 26.4. The molecule has 3 aliphatic carbocycles. The van der Waals surface area contributed by atoms with E-state index in [1.54, 1.807) is 19.2 Å². The van der Waals surface area contributed by atoms with E-state index in [0.29, 0.717) is 23.8 Å². The highest BCUT2D eigenvalue weighted by Gasteiger charge is 2.68. The predicted octanol–water partition coefficient (Wildman–Crippen LogP) is 7.91. The van der Waals surface area contributed by atoms with Crippen LogP contribution in [-0.4, -0.2) is 18.2 Å². The van der Waals surface area contributed by atoms with Gasteiger partial charge in [-0.15, -0.1) is 0 Å². The van der Waals surface area contributed by atoms with Crippen molar-refractivity contribution < 1.29 is 23.8 Å². The van der Waals surface area contributed by atoms with E-state index in [2.05, 4.69) is 39.0 Å². The third-order valence-electron chi connectivity index (χ3n) is 10.0. The van der Waals surface area contributed by atoms with Crippen molar-refractivity contribution in [3.8, 4) is 22.6 Å². The maximum Gasteiger partial charge on any atom is 0.307 e. The van der Waals surface area contributed by atoms with Crippen LogP contribution in [0.5, 0.6) is 11.5 Å². The Morgan fingerprint density at radius 1 is 1.03 bits per heavy atom. The number of methoxy groups -OCH3 is 1. The average Bonchev–Trinajstić information content (AvgIpc) is 3.15. The topological polar surface area (TPSA) is 55.8 Å². The Morgan fingerprint density at radius 3 is 2.51 bits per heavy atom. The number of hydrogen-bond acceptors (Lipinski definition) is 3. The highest BCUT2D eigenvalue weighted by Crippen LogP contribution is 2.66. The van der Waals surface area contributed by atoms with Crippen molar-refractivity contribution in [3.63, 3.8) is 0 Å². The minimum atomic E-state index is -0.698. The van der Waals surface area contributed by atoms with E-state index in [-0.39, 0.29) is 28.5 Å². The summed E-state index contributed by atoms with van der Waals surface area (Å²) in [4.78, 5) is 11.9. The molecule has 0 heterocycles. The van der Waals surface area contributed by atoms with Crippen molar-refractivity contribution in [2.75, 3.05) is 7.11 Å². The minimum Gasteiger partial charge on any atom is -0.497 e. The van der Waals surface area contributed by atoms with E-state index >= 15 is 4.39 Å². The van der Waals surface area contributed by atoms with Gasteiger partial charge in [-0.05, 0) is 101 Å². The molecule has 1 N–H and O–H groups in total. The molecule has 204 valence electrons. The smallest absolute Gasteiger partial charge is 0.307 e. The van der Waals surface area contributed by atoms with Gasteiger partial charge in [0.1, 0.15) is 23.9 Å². The lowest BCUT2D eigenvalue weighted by Gasteiger charge is -2.30. The van der Waals surface area contributed by atoms with Crippen molar-refractivity contribution in [2.24, 2.45) is 17.3 Å². The first-order valence-corrected chi connectivity index (χ1v) is 14.1. The van der Waals surface area contributed by atoms with E-state index < -0.39 is 5.97 Å². The van der Waals surface area contributed by atoms with Gasteiger partial charge in [0.15, 0.2) is 0 Å². The van der Waals surface area contributed by atoms with Crippen LogP contribution in [-0.2, 0) is 23.2 Å². The molecule has 0 saturated heterocycles. The van der Waals surface area contributed by atoms with Crippen LogP contribution in [0.1, 0.15) is 74.6 Å². The molecule has 0 aromatic heterocycles. The summed E-state index contributed by atoms with van der Waals surface area (Å²) in [6.07, 6.45) is 5.20. The number of ether oxygens (including phenoxy) is 2. The number of benzene rings is 3. The van der Waals surface area contributed by atoms with Gasteiger partial charge >= 0.3 is 5.97 Å². The third kappa shape index (κ3) is 4.21. The molecule has 5 heteroatoms. The summed E-state index contributed by atoms with van der Waals surface area (Å²) in [5, 5.41) is 9.74. The Morgan fingerprint density at radius 2 is 1.82 bits per heavy atom. The van der Waals surface area contributed by atoms with Gasteiger partial charge in [0.25, 0.3) is 0 Å². The zero-order valence-corrected chi connectivity index (χ0v) is 23.2. The van der Waals surface area contributed by atoms with Crippen molar-refractivity contribution in [1.82, 2.24) is 0 Å². The van der Waals surface area contributed by atoms with Crippen LogP contribution in [0.4, 0.5) is 4.39 Å². The van der Waals surface area contributed by atoms with Crippen LogP contribution in [0.15, 0.2) is 54.6 Å². The molecule has 0 bridgehead atoms. The number of fused-ring (bicyclic) bond motifs is 2. The third-order valence-corrected chi connectivity index (χ3v) is 10.0. The molecule has 0 aliphatic heterocycles. The molecular formula is C34H37FO4. The Bertz CT molecular complexity index is 1440. The lowest BCUT2D eigenvalue weighted by atomic mass is 9.75. The van der Waals surface area contributed by atoms with Crippen molar-refractivity contribution in [2.45, 2.75) is 70.8 Å². The van der Waals surface area contributed by atoms with Crippen molar-refractivity contribution in [3.05, 3.63) is 82.7 Å². The second-order valence-electron chi connectivity index (χ2n) is 12.5. The maximum atomic E-state index is 15.1. The first kappa shape index (κ1) is 25.9. The summed E-state index contributed by atoms with van der Waals surface area (Å²) in [6.45, 7) is 7.07. The number of carboxylic acids is 1. The standard InChI is InChI=1S/C34H37FO4/c1-20-31(32(36)37)34(20)15-13-22-8-9-24(18-29(22)34)39-19-21-7-11-25(27-17-23(38-4)10-12-30(27)35)26(16-21)28-6-5-14-33(28,2)3/h7-12,16-18,20,28,31H,5-6,13-15,19H2,1-4H3,(H,36,37)/t20-,28+,31-,34-/m0/s1.